The molecule has 3 rings (SSSR count). The molecule has 2 aromatic carbocycles. The average Bonchev–Trinajstić information content (AvgIpc) is 3.10. The van der Waals surface area contributed by atoms with Crippen molar-refractivity contribution in [2.24, 2.45) is 0 Å². The molecule has 0 bridgehead atoms. The predicted molar refractivity (Wildman–Crippen MR) is 107 cm³/mol. The summed E-state index contributed by atoms with van der Waals surface area (Å²) in [5, 5.41) is 0.838. The van der Waals surface area contributed by atoms with Crippen molar-refractivity contribution in [2.75, 3.05) is 13.7 Å². The third kappa shape index (κ3) is 3.94. The molecule has 1 unspecified atom stereocenters. The minimum Gasteiger partial charge on any atom is -0.497 e. The van der Waals surface area contributed by atoms with Crippen LogP contribution in [0.5, 0.6) is 5.75 Å². The Bertz CT molecular complexity index is 899. The topological polar surface area (TPSA) is 42.4 Å². The Labute approximate surface area is 157 Å². The summed E-state index contributed by atoms with van der Waals surface area (Å²) in [5.41, 5.74) is 2.01. The molecule has 0 spiro atoms. The van der Waals surface area contributed by atoms with E-state index in [0.29, 0.717) is 6.54 Å². The van der Waals surface area contributed by atoms with Crippen LogP contribution in [0.3, 0.4) is 0 Å². The minimum absolute atomic E-state index is 0.0259. The first-order valence-electron chi connectivity index (χ1n) is 8.60. The molecule has 5 heteroatoms. The number of aromatic nitrogens is 1. The summed E-state index contributed by atoms with van der Waals surface area (Å²) in [6, 6.07) is 15.8. The number of likely N-dealkylation sites (N-methyl/N-ethyl adjacent to an activating group) is 1. The number of benzene rings is 2. The average molecular weight is 366 g/mol. The molecule has 1 atom stereocenters. The van der Waals surface area contributed by atoms with Gasteiger partial charge in [-0.3, -0.25) is 4.79 Å². The van der Waals surface area contributed by atoms with Gasteiger partial charge in [0.05, 0.1) is 23.4 Å². The molecule has 0 fully saturated rings. The fourth-order valence-corrected chi connectivity index (χ4v) is 3.77. The van der Waals surface area contributed by atoms with Crippen LogP contribution < -0.4 is 4.74 Å². The first-order valence-corrected chi connectivity index (χ1v) is 9.42. The minimum atomic E-state index is -0.0392. The SMILES string of the molecule is CCN(C(=O)/C=C/c1nc2ccccc2s1)C(C)c1cccc(OC)c1. The number of fused-ring (bicyclic) bond motifs is 1. The van der Waals surface area contributed by atoms with Gasteiger partial charge in [-0.25, -0.2) is 4.98 Å². The summed E-state index contributed by atoms with van der Waals surface area (Å²) in [7, 11) is 1.65. The highest BCUT2D eigenvalue weighted by Crippen LogP contribution is 2.25. The lowest BCUT2D eigenvalue weighted by atomic mass is 10.1. The molecule has 26 heavy (non-hydrogen) atoms. The lowest BCUT2D eigenvalue weighted by molar-refractivity contribution is -0.127. The van der Waals surface area contributed by atoms with Gasteiger partial charge in [-0.05, 0) is 49.8 Å². The molecule has 1 aromatic heterocycles. The molecule has 3 aromatic rings. The second kappa shape index (κ2) is 8.15. The zero-order chi connectivity index (χ0) is 18.5. The molecule has 0 aliphatic carbocycles. The molecule has 0 saturated heterocycles. The summed E-state index contributed by atoms with van der Waals surface area (Å²) in [6.45, 7) is 4.64. The van der Waals surface area contributed by atoms with Crippen LogP contribution in [-0.4, -0.2) is 29.4 Å². The van der Waals surface area contributed by atoms with Crippen molar-refractivity contribution in [1.82, 2.24) is 9.88 Å². The van der Waals surface area contributed by atoms with Gasteiger partial charge in [-0.2, -0.15) is 0 Å². The van der Waals surface area contributed by atoms with Crippen molar-refractivity contribution < 1.29 is 9.53 Å². The van der Waals surface area contributed by atoms with Crippen molar-refractivity contribution >= 4 is 33.5 Å². The highest BCUT2D eigenvalue weighted by Gasteiger charge is 2.18. The van der Waals surface area contributed by atoms with Gasteiger partial charge >= 0.3 is 0 Å². The normalized spacial score (nSPS) is 12.4. The van der Waals surface area contributed by atoms with E-state index in [9.17, 15) is 4.79 Å². The Hall–Kier alpha value is -2.66. The van der Waals surface area contributed by atoms with Crippen LogP contribution in [0.2, 0.25) is 0 Å². The highest BCUT2D eigenvalue weighted by atomic mass is 32.1. The summed E-state index contributed by atoms with van der Waals surface area (Å²) in [5.74, 6) is 0.768. The number of ether oxygens (including phenoxy) is 1. The Balaban J connectivity index is 1.77. The Morgan fingerprint density at radius 1 is 1.27 bits per heavy atom. The van der Waals surface area contributed by atoms with Crippen molar-refractivity contribution in [3.8, 4) is 5.75 Å². The fraction of sp³-hybridized carbons (Fsp3) is 0.238. The number of nitrogens with zero attached hydrogens (tertiary/aromatic N) is 2. The van der Waals surface area contributed by atoms with Crippen LogP contribution in [-0.2, 0) is 4.79 Å². The van der Waals surface area contributed by atoms with Gasteiger partial charge in [0, 0.05) is 12.6 Å². The standard InChI is InChI=1S/C21H22N2O2S/c1-4-23(15(2)16-8-7-9-17(14-16)25-3)21(24)13-12-20-22-18-10-5-6-11-19(18)26-20/h5-15H,4H2,1-3H3/b13-12+. The number of para-hydroxylation sites is 1. The summed E-state index contributed by atoms with van der Waals surface area (Å²) < 4.78 is 6.41. The third-order valence-corrected chi connectivity index (χ3v) is 5.35. The summed E-state index contributed by atoms with van der Waals surface area (Å²) in [4.78, 5) is 19.1. The number of thiazole rings is 1. The second-order valence-electron chi connectivity index (χ2n) is 5.93. The molecule has 134 valence electrons. The number of carbonyl (C=O) groups excluding carboxylic acids is 1. The fourth-order valence-electron chi connectivity index (χ4n) is 2.90. The van der Waals surface area contributed by atoms with Crippen molar-refractivity contribution in [3.05, 3.63) is 65.2 Å². The lowest BCUT2D eigenvalue weighted by Crippen LogP contribution is -2.32. The molecule has 0 N–H and O–H groups in total. The van der Waals surface area contributed by atoms with E-state index in [2.05, 4.69) is 4.98 Å². The summed E-state index contributed by atoms with van der Waals surface area (Å²) in [6.07, 6.45) is 3.41. The Kier molecular flexibility index (Phi) is 5.68. The molecule has 1 amide bonds. The smallest absolute Gasteiger partial charge is 0.247 e. The van der Waals surface area contributed by atoms with Gasteiger partial charge in [0.2, 0.25) is 5.91 Å². The Morgan fingerprint density at radius 2 is 2.08 bits per heavy atom. The second-order valence-corrected chi connectivity index (χ2v) is 6.99. The molecule has 0 aliphatic rings. The van der Waals surface area contributed by atoms with E-state index >= 15 is 0 Å². The highest BCUT2D eigenvalue weighted by molar-refractivity contribution is 7.19. The lowest BCUT2D eigenvalue weighted by Gasteiger charge is -2.27. The van der Waals surface area contributed by atoms with E-state index in [1.165, 1.54) is 0 Å². The maximum absolute atomic E-state index is 12.7. The van der Waals surface area contributed by atoms with E-state index in [4.69, 9.17) is 4.74 Å². The van der Waals surface area contributed by atoms with Crippen LogP contribution in [0.4, 0.5) is 0 Å². The molecular formula is C21H22N2O2S. The largest absolute Gasteiger partial charge is 0.497 e. The number of amides is 1. The van der Waals surface area contributed by atoms with Gasteiger partial charge < -0.3 is 9.64 Å². The van der Waals surface area contributed by atoms with Crippen LogP contribution in [0, 0.1) is 0 Å². The zero-order valence-corrected chi connectivity index (χ0v) is 16.0. The van der Waals surface area contributed by atoms with E-state index < -0.39 is 0 Å². The quantitative estimate of drug-likeness (QED) is 0.581. The summed E-state index contributed by atoms with van der Waals surface area (Å²) >= 11 is 1.58. The van der Waals surface area contributed by atoms with Crippen LogP contribution in [0.1, 0.15) is 30.5 Å². The number of hydrogen-bond donors (Lipinski definition) is 0. The van der Waals surface area contributed by atoms with E-state index in [1.807, 2.05) is 67.3 Å². The zero-order valence-electron chi connectivity index (χ0n) is 15.2. The first kappa shape index (κ1) is 18.1. The number of rotatable bonds is 6. The molecule has 0 aliphatic heterocycles. The van der Waals surface area contributed by atoms with E-state index in [-0.39, 0.29) is 11.9 Å². The van der Waals surface area contributed by atoms with Gasteiger partial charge in [-0.15, -0.1) is 11.3 Å². The van der Waals surface area contributed by atoms with Crippen LogP contribution in [0.15, 0.2) is 54.6 Å². The van der Waals surface area contributed by atoms with Crippen LogP contribution in [0.25, 0.3) is 16.3 Å². The first-order chi connectivity index (χ1) is 12.6. The van der Waals surface area contributed by atoms with Crippen molar-refractivity contribution in [1.29, 1.82) is 0 Å². The third-order valence-electron chi connectivity index (χ3n) is 4.35. The number of hydrogen-bond acceptors (Lipinski definition) is 4. The molecule has 0 radical (unpaired) electrons. The maximum Gasteiger partial charge on any atom is 0.247 e. The van der Waals surface area contributed by atoms with E-state index in [0.717, 1.165) is 26.5 Å². The van der Waals surface area contributed by atoms with E-state index in [1.54, 1.807) is 30.6 Å². The molecular weight excluding hydrogens is 344 g/mol. The number of carbonyl (C=O) groups is 1. The van der Waals surface area contributed by atoms with Gasteiger partial charge in [-0.1, -0.05) is 24.3 Å². The Morgan fingerprint density at radius 3 is 2.81 bits per heavy atom. The van der Waals surface area contributed by atoms with Crippen molar-refractivity contribution in [3.63, 3.8) is 0 Å². The molecule has 0 saturated carbocycles. The van der Waals surface area contributed by atoms with Crippen molar-refractivity contribution in [2.45, 2.75) is 19.9 Å². The number of methoxy groups -OCH3 is 1. The van der Waals surface area contributed by atoms with Gasteiger partial charge in [0.1, 0.15) is 10.8 Å². The molecule has 4 nitrogen and oxygen atoms in total. The molecule has 1 heterocycles. The van der Waals surface area contributed by atoms with Gasteiger partial charge in [0.25, 0.3) is 0 Å². The maximum atomic E-state index is 12.7. The predicted octanol–water partition coefficient (Wildman–Crippen LogP) is 4.93. The van der Waals surface area contributed by atoms with Crippen LogP contribution >= 0.6 is 11.3 Å². The monoisotopic (exact) mass is 366 g/mol. The van der Waals surface area contributed by atoms with Gasteiger partial charge in [0.15, 0.2) is 0 Å².